The van der Waals surface area contributed by atoms with Crippen LogP contribution in [0.4, 0.5) is 0 Å². The van der Waals surface area contributed by atoms with Gasteiger partial charge in [-0.3, -0.25) is 9.48 Å². The van der Waals surface area contributed by atoms with E-state index >= 15 is 0 Å². The summed E-state index contributed by atoms with van der Waals surface area (Å²) >= 11 is 0. The molecule has 0 atom stereocenters. The summed E-state index contributed by atoms with van der Waals surface area (Å²) in [5, 5.41) is 4.76. The Bertz CT molecular complexity index is 668. The molecule has 1 aromatic heterocycles. The molecule has 0 bridgehead atoms. The Kier molecular flexibility index (Phi) is 3.44. The van der Waals surface area contributed by atoms with Crippen LogP contribution in [0.25, 0.3) is 0 Å². The molecule has 1 aliphatic carbocycles. The maximum atomic E-state index is 12.5. The molecule has 0 N–H and O–H groups in total. The van der Waals surface area contributed by atoms with Crippen LogP contribution in [0, 0.1) is 5.41 Å². The summed E-state index contributed by atoms with van der Waals surface area (Å²) in [4.78, 5) is 12.5. The molecule has 2 aromatic rings. The Morgan fingerprint density at radius 1 is 1.19 bits per heavy atom. The second-order valence-corrected chi connectivity index (χ2v) is 6.71. The Morgan fingerprint density at radius 2 is 1.90 bits per heavy atom. The monoisotopic (exact) mass is 282 g/mol. The van der Waals surface area contributed by atoms with E-state index in [1.165, 1.54) is 5.56 Å². The predicted molar refractivity (Wildman–Crippen MR) is 83.6 cm³/mol. The summed E-state index contributed by atoms with van der Waals surface area (Å²) in [6.45, 7) is 7.14. The molecule has 1 aliphatic rings. The van der Waals surface area contributed by atoms with Crippen molar-refractivity contribution in [2.45, 2.75) is 46.6 Å². The van der Waals surface area contributed by atoms with Gasteiger partial charge in [-0.1, -0.05) is 51.1 Å². The minimum Gasteiger partial charge on any atom is -0.294 e. The van der Waals surface area contributed by atoms with Crippen LogP contribution in [0.1, 0.15) is 54.5 Å². The number of ketones is 1. The Labute approximate surface area is 126 Å². The second-order valence-electron chi connectivity index (χ2n) is 6.71. The molecule has 0 unspecified atom stereocenters. The Balaban J connectivity index is 2.02. The first kappa shape index (κ1) is 14.1. The van der Waals surface area contributed by atoms with Gasteiger partial charge < -0.3 is 0 Å². The lowest BCUT2D eigenvalue weighted by molar-refractivity contribution is 0.0911. The molecule has 3 rings (SSSR count). The molecule has 0 spiro atoms. The first-order valence-electron chi connectivity index (χ1n) is 7.66. The highest BCUT2D eigenvalue weighted by atomic mass is 16.1. The van der Waals surface area contributed by atoms with Crippen molar-refractivity contribution in [1.82, 2.24) is 9.78 Å². The van der Waals surface area contributed by atoms with Crippen molar-refractivity contribution in [2.75, 3.05) is 0 Å². The lowest BCUT2D eigenvalue weighted by Crippen LogP contribution is -2.27. The zero-order valence-electron chi connectivity index (χ0n) is 13.0. The lowest BCUT2D eigenvalue weighted by Gasteiger charge is -2.27. The smallest absolute Gasteiger partial charge is 0.167 e. The Hall–Kier alpha value is -1.90. The number of nitrogens with zero attached hydrogens (tertiary/aromatic N) is 2. The largest absolute Gasteiger partial charge is 0.294 e. The van der Waals surface area contributed by atoms with E-state index in [0.717, 1.165) is 36.3 Å². The van der Waals surface area contributed by atoms with Gasteiger partial charge in [-0.05, 0) is 23.8 Å². The summed E-state index contributed by atoms with van der Waals surface area (Å²) in [6.07, 6.45) is 2.37. The average Bonchev–Trinajstić information content (AvgIpc) is 2.75. The Morgan fingerprint density at radius 3 is 2.57 bits per heavy atom. The van der Waals surface area contributed by atoms with Crippen molar-refractivity contribution < 1.29 is 4.79 Å². The molecule has 1 aromatic carbocycles. The number of aromatic nitrogens is 2. The van der Waals surface area contributed by atoms with E-state index in [2.05, 4.69) is 32.9 Å². The van der Waals surface area contributed by atoms with Crippen molar-refractivity contribution in [1.29, 1.82) is 0 Å². The third-order valence-corrected chi connectivity index (χ3v) is 4.20. The maximum absolute atomic E-state index is 12.5. The van der Waals surface area contributed by atoms with Crippen molar-refractivity contribution in [2.24, 2.45) is 5.41 Å². The highest BCUT2D eigenvalue weighted by Gasteiger charge is 2.35. The molecule has 0 aliphatic heterocycles. The van der Waals surface area contributed by atoms with E-state index < -0.39 is 0 Å². The van der Waals surface area contributed by atoms with Crippen molar-refractivity contribution in [3.8, 4) is 0 Å². The molecular formula is C18H22N2O. The van der Waals surface area contributed by atoms with Crippen LogP contribution in [-0.4, -0.2) is 15.6 Å². The molecule has 1 heterocycles. The molecule has 110 valence electrons. The predicted octanol–water partition coefficient (Wildman–Crippen LogP) is 3.65. The van der Waals surface area contributed by atoms with Crippen LogP contribution >= 0.6 is 0 Å². The van der Waals surface area contributed by atoms with Crippen LogP contribution in [0.3, 0.4) is 0 Å². The zero-order chi connectivity index (χ0) is 15.0. The fourth-order valence-electron chi connectivity index (χ4n) is 3.28. The lowest BCUT2D eigenvalue weighted by atomic mass is 9.75. The molecule has 0 fully saturated rings. The molecule has 3 nitrogen and oxygen atoms in total. The third-order valence-electron chi connectivity index (χ3n) is 4.20. The fourth-order valence-corrected chi connectivity index (χ4v) is 3.28. The second kappa shape index (κ2) is 5.14. The van der Waals surface area contributed by atoms with Crippen LogP contribution < -0.4 is 0 Å². The van der Waals surface area contributed by atoms with Crippen molar-refractivity contribution >= 4 is 5.78 Å². The SMILES string of the molecule is CCc1c2c(nn1Cc1ccccc1)CC(C)(C)CC2=O. The third kappa shape index (κ3) is 2.65. The van der Waals surface area contributed by atoms with E-state index in [-0.39, 0.29) is 11.2 Å². The summed E-state index contributed by atoms with van der Waals surface area (Å²) in [7, 11) is 0. The number of rotatable bonds is 3. The molecule has 0 saturated heterocycles. The number of hydrogen-bond donors (Lipinski definition) is 0. The summed E-state index contributed by atoms with van der Waals surface area (Å²) in [5.41, 5.74) is 4.23. The van der Waals surface area contributed by atoms with Crippen molar-refractivity contribution in [3.63, 3.8) is 0 Å². The van der Waals surface area contributed by atoms with Crippen LogP contribution in [0.15, 0.2) is 30.3 Å². The highest BCUT2D eigenvalue weighted by molar-refractivity contribution is 5.99. The summed E-state index contributed by atoms with van der Waals surface area (Å²) in [5.74, 6) is 0.261. The minimum absolute atomic E-state index is 0.0288. The van der Waals surface area contributed by atoms with E-state index in [4.69, 9.17) is 5.10 Å². The van der Waals surface area contributed by atoms with Gasteiger partial charge in [-0.2, -0.15) is 5.10 Å². The average molecular weight is 282 g/mol. The van der Waals surface area contributed by atoms with Gasteiger partial charge in [-0.25, -0.2) is 0 Å². The van der Waals surface area contributed by atoms with Crippen LogP contribution in [0.2, 0.25) is 0 Å². The van der Waals surface area contributed by atoms with Gasteiger partial charge in [0.15, 0.2) is 5.78 Å². The normalized spacial score (nSPS) is 16.8. The molecule has 21 heavy (non-hydrogen) atoms. The first-order valence-corrected chi connectivity index (χ1v) is 7.66. The van der Waals surface area contributed by atoms with Gasteiger partial charge in [0.1, 0.15) is 0 Å². The van der Waals surface area contributed by atoms with Crippen molar-refractivity contribution in [3.05, 3.63) is 52.8 Å². The quantitative estimate of drug-likeness (QED) is 0.861. The summed E-state index contributed by atoms with van der Waals surface area (Å²) < 4.78 is 2.03. The van der Waals surface area contributed by atoms with Gasteiger partial charge in [0.25, 0.3) is 0 Å². The van der Waals surface area contributed by atoms with Gasteiger partial charge in [0.05, 0.1) is 17.8 Å². The topological polar surface area (TPSA) is 34.9 Å². The number of fused-ring (bicyclic) bond motifs is 1. The number of benzene rings is 1. The number of carbonyl (C=O) groups excluding carboxylic acids is 1. The maximum Gasteiger partial charge on any atom is 0.167 e. The van der Waals surface area contributed by atoms with Crippen LogP contribution in [-0.2, 0) is 19.4 Å². The first-order chi connectivity index (χ1) is 10.00. The van der Waals surface area contributed by atoms with E-state index in [0.29, 0.717) is 6.42 Å². The van der Waals surface area contributed by atoms with Gasteiger partial charge in [0.2, 0.25) is 0 Å². The van der Waals surface area contributed by atoms with E-state index in [1.54, 1.807) is 0 Å². The zero-order valence-corrected chi connectivity index (χ0v) is 13.0. The van der Waals surface area contributed by atoms with Gasteiger partial charge >= 0.3 is 0 Å². The molecule has 3 heteroatoms. The van der Waals surface area contributed by atoms with Gasteiger partial charge in [0, 0.05) is 12.1 Å². The fraction of sp³-hybridized carbons (Fsp3) is 0.444. The highest BCUT2D eigenvalue weighted by Crippen LogP contribution is 2.35. The molecule has 0 saturated carbocycles. The van der Waals surface area contributed by atoms with Crippen LogP contribution in [0.5, 0.6) is 0 Å². The van der Waals surface area contributed by atoms with E-state index in [9.17, 15) is 4.79 Å². The number of hydrogen-bond acceptors (Lipinski definition) is 2. The number of Topliss-reactive ketones (excluding diaryl/α,β-unsaturated/α-hetero) is 1. The molecular weight excluding hydrogens is 260 g/mol. The number of carbonyl (C=O) groups is 1. The molecule has 0 amide bonds. The standard InChI is InChI=1S/C18H22N2O/c1-4-15-17-14(10-18(2,3)11-16(17)21)19-20(15)12-13-8-6-5-7-9-13/h5-9H,4,10-12H2,1-3H3. The molecule has 0 radical (unpaired) electrons. The summed E-state index contributed by atoms with van der Waals surface area (Å²) in [6, 6.07) is 10.3. The van der Waals surface area contributed by atoms with Gasteiger partial charge in [-0.15, -0.1) is 0 Å². The van der Waals surface area contributed by atoms with E-state index in [1.807, 2.05) is 22.9 Å². The minimum atomic E-state index is 0.0288.